The van der Waals surface area contributed by atoms with Crippen LogP contribution in [-0.4, -0.2) is 72.9 Å². The molecule has 0 saturated carbocycles. The predicted molar refractivity (Wildman–Crippen MR) is 115 cm³/mol. The smallest absolute Gasteiger partial charge is 0.422 e. The van der Waals surface area contributed by atoms with Crippen LogP contribution < -0.4 is 9.47 Å². The summed E-state index contributed by atoms with van der Waals surface area (Å²) in [6, 6.07) is 4.54. The van der Waals surface area contributed by atoms with Crippen LogP contribution in [0.2, 0.25) is 0 Å². The third-order valence-electron chi connectivity index (χ3n) is 6.62. The fraction of sp³-hybridized carbons (Fsp3) is 0.652. The average molecular weight is 486 g/mol. The van der Waals surface area contributed by atoms with E-state index >= 15 is 0 Å². The van der Waals surface area contributed by atoms with Crippen LogP contribution >= 0.6 is 0 Å². The van der Waals surface area contributed by atoms with Crippen molar-refractivity contribution in [3.63, 3.8) is 0 Å². The van der Waals surface area contributed by atoms with Crippen molar-refractivity contribution in [2.45, 2.75) is 44.9 Å². The highest BCUT2D eigenvalue weighted by Crippen LogP contribution is 2.37. The van der Waals surface area contributed by atoms with Gasteiger partial charge in [-0.15, -0.1) is 0 Å². The van der Waals surface area contributed by atoms with E-state index in [4.69, 9.17) is 18.7 Å². The molecule has 2 fully saturated rings. The summed E-state index contributed by atoms with van der Waals surface area (Å²) < 4.78 is 59.3. The van der Waals surface area contributed by atoms with E-state index in [0.717, 1.165) is 25.9 Å². The molecule has 2 aromatic rings. The minimum Gasteiger partial charge on any atom is -0.483 e. The Balaban J connectivity index is 1.32. The second kappa shape index (κ2) is 9.99. The maximum atomic E-state index is 12.6. The molecule has 0 radical (unpaired) electrons. The minimum absolute atomic E-state index is 0.00514. The molecule has 0 aliphatic carbocycles. The van der Waals surface area contributed by atoms with Crippen LogP contribution in [0.4, 0.5) is 13.2 Å². The number of carbonyl (C=O) groups is 1. The van der Waals surface area contributed by atoms with E-state index in [1.807, 2.05) is 6.92 Å². The minimum atomic E-state index is -4.46. The molecule has 2 aliphatic rings. The number of aromatic nitrogens is 1. The lowest BCUT2D eigenvalue weighted by atomic mass is 9.77. The third kappa shape index (κ3) is 5.75. The number of alkyl halides is 3. The number of nitrogens with zero attached hydrogens (tertiary/aromatic N) is 2. The first kappa shape index (κ1) is 24.6. The van der Waals surface area contributed by atoms with Crippen molar-refractivity contribution in [3.05, 3.63) is 18.2 Å². The Morgan fingerprint density at radius 2 is 2.06 bits per heavy atom. The van der Waals surface area contributed by atoms with Crippen molar-refractivity contribution in [1.29, 1.82) is 0 Å². The number of ether oxygens (including phenoxy) is 3. The molecule has 4 rings (SSSR count). The molecule has 188 valence electrons. The maximum Gasteiger partial charge on any atom is 0.422 e. The van der Waals surface area contributed by atoms with E-state index in [1.54, 1.807) is 6.07 Å². The predicted octanol–water partition coefficient (Wildman–Crippen LogP) is 4.13. The van der Waals surface area contributed by atoms with Gasteiger partial charge in [-0.2, -0.15) is 13.2 Å². The average Bonchev–Trinajstić information content (AvgIpc) is 3.20. The van der Waals surface area contributed by atoms with Gasteiger partial charge in [-0.25, -0.2) is 0 Å². The number of hydrogen-bond donors (Lipinski definition) is 1. The van der Waals surface area contributed by atoms with Crippen molar-refractivity contribution in [1.82, 2.24) is 10.1 Å². The Labute approximate surface area is 194 Å². The lowest BCUT2D eigenvalue weighted by Crippen LogP contribution is -2.50. The number of likely N-dealkylation sites (tertiary alicyclic amines) is 1. The van der Waals surface area contributed by atoms with E-state index < -0.39 is 24.2 Å². The van der Waals surface area contributed by atoms with E-state index in [0.29, 0.717) is 32.6 Å². The molecule has 34 heavy (non-hydrogen) atoms. The Hall–Kier alpha value is -2.53. The highest BCUT2D eigenvalue weighted by molar-refractivity contribution is 5.88. The van der Waals surface area contributed by atoms with Gasteiger partial charge in [-0.3, -0.25) is 4.79 Å². The molecule has 2 unspecified atom stereocenters. The van der Waals surface area contributed by atoms with Gasteiger partial charge in [-0.05, 0) is 68.9 Å². The topological polar surface area (TPSA) is 94.3 Å². The molecule has 0 amide bonds. The zero-order valence-electron chi connectivity index (χ0n) is 19.0. The Bertz CT molecular complexity index is 989. The zero-order valence-corrected chi connectivity index (χ0v) is 19.0. The van der Waals surface area contributed by atoms with Gasteiger partial charge in [0.15, 0.2) is 12.2 Å². The van der Waals surface area contributed by atoms with Gasteiger partial charge < -0.3 is 28.7 Å². The number of piperidine rings is 1. The summed E-state index contributed by atoms with van der Waals surface area (Å²) in [5, 5.41) is 14.0. The summed E-state index contributed by atoms with van der Waals surface area (Å²) in [5.41, 5.74) is -0.498. The van der Waals surface area contributed by atoms with Crippen LogP contribution in [-0.2, 0) is 9.53 Å². The van der Waals surface area contributed by atoms with E-state index in [9.17, 15) is 23.1 Å². The molecule has 0 bridgehead atoms. The van der Waals surface area contributed by atoms with Crippen LogP contribution in [0.5, 0.6) is 11.6 Å². The summed E-state index contributed by atoms with van der Waals surface area (Å²) in [7, 11) is 0. The van der Waals surface area contributed by atoms with Crippen molar-refractivity contribution in [3.8, 4) is 11.6 Å². The van der Waals surface area contributed by atoms with Crippen LogP contribution in [0, 0.1) is 11.3 Å². The van der Waals surface area contributed by atoms with E-state index in [1.165, 1.54) is 12.1 Å². The Morgan fingerprint density at radius 1 is 1.29 bits per heavy atom. The lowest BCUT2D eigenvalue weighted by Gasteiger charge is -2.42. The number of benzene rings is 1. The quantitative estimate of drug-likeness (QED) is 0.595. The highest BCUT2D eigenvalue weighted by Gasteiger charge is 2.44. The van der Waals surface area contributed by atoms with E-state index in [2.05, 4.69) is 10.1 Å². The first-order valence-electron chi connectivity index (χ1n) is 11.4. The molecule has 8 nitrogen and oxygen atoms in total. The second-order valence-electron chi connectivity index (χ2n) is 9.27. The number of aliphatic carboxylic acids is 1. The molecule has 2 atom stereocenters. The maximum absolute atomic E-state index is 12.6. The van der Waals surface area contributed by atoms with Crippen molar-refractivity contribution >= 4 is 16.9 Å². The fourth-order valence-corrected chi connectivity index (χ4v) is 4.82. The molecule has 1 aromatic carbocycles. The van der Waals surface area contributed by atoms with Crippen LogP contribution in [0.25, 0.3) is 11.0 Å². The first-order chi connectivity index (χ1) is 16.2. The van der Waals surface area contributed by atoms with Gasteiger partial charge in [0.25, 0.3) is 5.88 Å². The summed E-state index contributed by atoms with van der Waals surface area (Å²) >= 11 is 0. The summed E-state index contributed by atoms with van der Waals surface area (Å²) in [4.78, 5) is 14.2. The molecule has 2 aliphatic heterocycles. The largest absolute Gasteiger partial charge is 0.483 e. The molecule has 11 heteroatoms. The number of carboxylic acid groups (broad SMARTS) is 1. The molecular formula is C23H29F3N2O6. The monoisotopic (exact) mass is 486 g/mol. The normalized spacial score (nSPS) is 24.9. The van der Waals surface area contributed by atoms with Crippen LogP contribution in [0.3, 0.4) is 0 Å². The van der Waals surface area contributed by atoms with Gasteiger partial charge in [0.1, 0.15) is 11.1 Å². The van der Waals surface area contributed by atoms with Crippen LogP contribution in [0.1, 0.15) is 32.6 Å². The van der Waals surface area contributed by atoms with Gasteiger partial charge in [0, 0.05) is 13.2 Å². The van der Waals surface area contributed by atoms with E-state index in [-0.39, 0.29) is 34.6 Å². The summed E-state index contributed by atoms with van der Waals surface area (Å²) in [5.74, 6) is -0.447. The second-order valence-corrected chi connectivity index (χ2v) is 9.27. The zero-order chi connectivity index (χ0) is 24.3. The molecule has 3 heterocycles. The summed E-state index contributed by atoms with van der Waals surface area (Å²) in [6.45, 7) is 3.27. The SMILES string of the molecule is CC1CC(CN2CCC(COc3noc4cccc(OCC(F)(F)F)c34)CC2)(C(=O)O)CCO1. The third-order valence-corrected chi connectivity index (χ3v) is 6.62. The standard InChI is InChI=1S/C23H29F3N2O6/c1-15-11-22(21(29)30,7-10-31-15)13-28-8-5-16(6-9-28)12-32-20-19-17(33-14-23(24,25)26)3-2-4-18(19)34-27-20/h2-4,15-16H,5-14H2,1H3,(H,29,30). The lowest BCUT2D eigenvalue weighted by molar-refractivity contribution is -0.160. The molecule has 1 N–H and O–H groups in total. The molecular weight excluding hydrogens is 457 g/mol. The van der Waals surface area contributed by atoms with Gasteiger partial charge in [-0.1, -0.05) is 6.07 Å². The first-order valence-corrected chi connectivity index (χ1v) is 11.4. The summed E-state index contributed by atoms with van der Waals surface area (Å²) in [6.07, 6.45) is -1.89. The molecule has 2 saturated heterocycles. The number of fused-ring (bicyclic) bond motifs is 1. The van der Waals surface area contributed by atoms with Gasteiger partial charge >= 0.3 is 12.1 Å². The Morgan fingerprint density at radius 3 is 2.74 bits per heavy atom. The van der Waals surface area contributed by atoms with Crippen molar-refractivity contribution < 1.29 is 41.8 Å². The van der Waals surface area contributed by atoms with Gasteiger partial charge in [0.2, 0.25) is 0 Å². The number of halogens is 3. The van der Waals surface area contributed by atoms with Crippen molar-refractivity contribution in [2.24, 2.45) is 11.3 Å². The molecule has 1 aromatic heterocycles. The van der Waals surface area contributed by atoms with Crippen molar-refractivity contribution in [2.75, 3.05) is 39.5 Å². The number of hydrogen-bond acceptors (Lipinski definition) is 7. The highest BCUT2D eigenvalue weighted by atomic mass is 19.4. The van der Waals surface area contributed by atoms with Gasteiger partial charge in [0.05, 0.1) is 18.1 Å². The van der Waals surface area contributed by atoms with Crippen LogP contribution in [0.15, 0.2) is 22.7 Å². The molecule has 0 spiro atoms. The fourth-order valence-electron chi connectivity index (χ4n) is 4.82. The number of rotatable bonds is 8. The number of carboxylic acids is 1. The Kier molecular flexibility index (Phi) is 7.22.